The molecule has 0 spiro atoms. The fourth-order valence-corrected chi connectivity index (χ4v) is 3.76. The van der Waals surface area contributed by atoms with Crippen molar-refractivity contribution >= 4 is 21.4 Å². The zero-order chi connectivity index (χ0) is 15.4. The lowest BCUT2D eigenvalue weighted by Crippen LogP contribution is -2.28. The zero-order valence-corrected chi connectivity index (χ0v) is 14.0. The molecule has 1 unspecified atom stereocenters. The molecular formula is C17H25FN2S. The van der Waals surface area contributed by atoms with Gasteiger partial charge < -0.3 is 5.73 Å². The summed E-state index contributed by atoms with van der Waals surface area (Å²) in [4.78, 5) is 3.50. The summed E-state index contributed by atoms with van der Waals surface area (Å²) in [5.74, 6) is 0.527. The Morgan fingerprint density at radius 3 is 2.71 bits per heavy atom. The summed E-state index contributed by atoms with van der Waals surface area (Å²) in [5.41, 5.74) is 6.96. The normalized spacial score (nSPS) is 13.2. The number of hydrogen-bond donors (Lipinski definition) is 1. The van der Waals surface area contributed by atoms with Crippen LogP contribution in [0.25, 0.3) is 10.1 Å². The third kappa shape index (κ3) is 3.62. The van der Waals surface area contributed by atoms with Gasteiger partial charge in [0.2, 0.25) is 0 Å². The first-order valence-electron chi connectivity index (χ1n) is 7.71. The Kier molecular flexibility index (Phi) is 5.73. The Morgan fingerprint density at radius 1 is 1.33 bits per heavy atom. The number of hydrogen-bond acceptors (Lipinski definition) is 3. The third-order valence-electron chi connectivity index (χ3n) is 4.13. The lowest BCUT2D eigenvalue weighted by atomic mass is 10.1. The topological polar surface area (TPSA) is 29.3 Å². The van der Waals surface area contributed by atoms with Gasteiger partial charge in [-0.2, -0.15) is 0 Å². The highest BCUT2D eigenvalue weighted by Gasteiger charge is 2.17. The summed E-state index contributed by atoms with van der Waals surface area (Å²) < 4.78 is 15.2. The average molecular weight is 308 g/mol. The van der Waals surface area contributed by atoms with E-state index >= 15 is 0 Å². The van der Waals surface area contributed by atoms with Crippen LogP contribution in [0.4, 0.5) is 4.39 Å². The smallest absolute Gasteiger partial charge is 0.132 e. The fraction of sp³-hybridized carbons (Fsp3) is 0.529. The minimum atomic E-state index is -0.127. The van der Waals surface area contributed by atoms with E-state index in [2.05, 4.69) is 25.7 Å². The van der Waals surface area contributed by atoms with Crippen LogP contribution in [0, 0.1) is 11.7 Å². The molecule has 1 aromatic carbocycles. The fourth-order valence-electron chi connectivity index (χ4n) is 2.65. The maximum absolute atomic E-state index is 14.2. The molecular weight excluding hydrogens is 283 g/mol. The lowest BCUT2D eigenvalue weighted by molar-refractivity contribution is 0.238. The Morgan fingerprint density at radius 2 is 2.10 bits per heavy atom. The molecule has 2 aromatic rings. The number of halogens is 1. The van der Waals surface area contributed by atoms with Gasteiger partial charge in [-0.05, 0) is 30.2 Å². The van der Waals surface area contributed by atoms with Crippen LogP contribution in [0.3, 0.4) is 0 Å². The molecule has 21 heavy (non-hydrogen) atoms. The van der Waals surface area contributed by atoms with Gasteiger partial charge in [0.25, 0.3) is 0 Å². The Balaban J connectivity index is 2.35. The number of fused-ring (bicyclic) bond motifs is 1. The van der Waals surface area contributed by atoms with Crippen LogP contribution in [0.1, 0.15) is 37.6 Å². The molecule has 116 valence electrons. The molecule has 1 atom stereocenters. The van der Waals surface area contributed by atoms with Crippen LogP contribution in [-0.4, -0.2) is 18.0 Å². The van der Waals surface area contributed by atoms with Crippen molar-refractivity contribution in [1.82, 2.24) is 4.90 Å². The molecule has 0 amide bonds. The van der Waals surface area contributed by atoms with E-state index in [0.717, 1.165) is 40.2 Å². The van der Waals surface area contributed by atoms with Gasteiger partial charge in [0.05, 0.1) is 0 Å². The van der Waals surface area contributed by atoms with Crippen molar-refractivity contribution in [3.05, 3.63) is 34.5 Å². The van der Waals surface area contributed by atoms with Crippen LogP contribution in [0.2, 0.25) is 0 Å². The molecule has 0 aliphatic rings. The molecule has 0 saturated carbocycles. The van der Waals surface area contributed by atoms with Gasteiger partial charge in [-0.1, -0.05) is 33.3 Å². The molecule has 2 nitrogen and oxygen atoms in total. The Hall–Kier alpha value is -0.970. The molecule has 4 heteroatoms. The minimum Gasteiger partial charge on any atom is -0.326 e. The van der Waals surface area contributed by atoms with Crippen molar-refractivity contribution in [3.8, 4) is 0 Å². The lowest BCUT2D eigenvalue weighted by Gasteiger charge is -2.24. The first-order valence-corrected chi connectivity index (χ1v) is 8.53. The van der Waals surface area contributed by atoms with Crippen molar-refractivity contribution in [2.45, 2.75) is 40.3 Å². The van der Waals surface area contributed by atoms with E-state index in [1.165, 1.54) is 6.42 Å². The second kappa shape index (κ2) is 7.34. The molecule has 0 fully saturated rings. The molecule has 0 aliphatic carbocycles. The summed E-state index contributed by atoms with van der Waals surface area (Å²) in [6, 6.07) is 5.30. The predicted octanol–water partition coefficient (Wildman–Crippen LogP) is 4.37. The summed E-state index contributed by atoms with van der Waals surface area (Å²) in [5, 5.41) is 0.769. The van der Waals surface area contributed by atoms with E-state index in [9.17, 15) is 4.39 Å². The van der Waals surface area contributed by atoms with Crippen LogP contribution >= 0.6 is 11.3 Å². The highest BCUT2D eigenvalue weighted by Crippen LogP contribution is 2.34. The van der Waals surface area contributed by atoms with Gasteiger partial charge in [0.1, 0.15) is 5.82 Å². The third-order valence-corrected chi connectivity index (χ3v) is 5.35. The molecule has 0 aliphatic heterocycles. The number of benzene rings is 1. The van der Waals surface area contributed by atoms with Gasteiger partial charge in [-0.25, -0.2) is 4.39 Å². The maximum Gasteiger partial charge on any atom is 0.132 e. The monoisotopic (exact) mass is 308 g/mol. The van der Waals surface area contributed by atoms with Gasteiger partial charge in [-0.15, -0.1) is 11.3 Å². The molecule has 0 saturated heterocycles. The summed E-state index contributed by atoms with van der Waals surface area (Å²) in [6.07, 6.45) is 1.17. The van der Waals surface area contributed by atoms with E-state index < -0.39 is 0 Å². The quantitative estimate of drug-likeness (QED) is 0.823. The van der Waals surface area contributed by atoms with E-state index in [4.69, 9.17) is 5.73 Å². The van der Waals surface area contributed by atoms with Crippen LogP contribution in [0.5, 0.6) is 0 Å². The molecule has 1 heterocycles. The average Bonchev–Trinajstić information content (AvgIpc) is 2.85. The minimum absolute atomic E-state index is 0.127. The zero-order valence-electron chi connectivity index (χ0n) is 13.2. The number of rotatable bonds is 7. The molecule has 0 bridgehead atoms. The first-order chi connectivity index (χ1) is 10.1. The molecule has 2 N–H and O–H groups in total. The van der Waals surface area contributed by atoms with Crippen LogP contribution < -0.4 is 5.73 Å². The second-order valence-electron chi connectivity index (χ2n) is 5.66. The second-order valence-corrected chi connectivity index (χ2v) is 6.80. The summed E-state index contributed by atoms with van der Waals surface area (Å²) in [6.45, 7) is 9.92. The molecule has 0 radical (unpaired) electrons. The molecule has 2 rings (SSSR count). The van der Waals surface area contributed by atoms with Gasteiger partial charge in [0.15, 0.2) is 0 Å². The van der Waals surface area contributed by atoms with Crippen molar-refractivity contribution in [2.24, 2.45) is 11.7 Å². The van der Waals surface area contributed by atoms with E-state index in [0.29, 0.717) is 12.5 Å². The highest BCUT2D eigenvalue weighted by atomic mass is 32.1. The van der Waals surface area contributed by atoms with Crippen LogP contribution in [0.15, 0.2) is 18.2 Å². The Labute approximate surface area is 130 Å². The maximum atomic E-state index is 14.2. The summed E-state index contributed by atoms with van der Waals surface area (Å²) in [7, 11) is 0. The van der Waals surface area contributed by atoms with Gasteiger partial charge >= 0.3 is 0 Å². The number of nitrogens with zero attached hydrogens (tertiary/aromatic N) is 1. The van der Waals surface area contributed by atoms with Gasteiger partial charge in [0, 0.05) is 34.6 Å². The number of nitrogens with two attached hydrogens (primary N) is 1. The van der Waals surface area contributed by atoms with E-state index in [1.54, 1.807) is 23.5 Å². The number of thiophene rings is 1. The Bertz CT molecular complexity index is 594. The van der Waals surface area contributed by atoms with Crippen molar-refractivity contribution in [1.29, 1.82) is 0 Å². The van der Waals surface area contributed by atoms with Gasteiger partial charge in [-0.3, -0.25) is 4.90 Å². The molecule has 1 aromatic heterocycles. The SMILES string of the molecule is CCC(C)CN(CC)Cc1c(CN)sc2cccc(F)c12. The van der Waals surface area contributed by atoms with Crippen molar-refractivity contribution < 1.29 is 4.39 Å². The van der Waals surface area contributed by atoms with E-state index in [-0.39, 0.29) is 5.82 Å². The van der Waals surface area contributed by atoms with Crippen molar-refractivity contribution in [2.75, 3.05) is 13.1 Å². The highest BCUT2D eigenvalue weighted by molar-refractivity contribution is 7.19. The first kappa shape index (κ1) is 16.4. The van der Waals surface area contributed by atoms with Crippen molar-refractivity contribution in [3.63, 3.8) is 0 Å². The van der Waals surface area contributed by atoms with E-state index in [1.807, 2.05) is 6.07 Å². The summed E-state index contributed by atoms with van der Waals surface area (Å²) >= 11 is 1.62. The largest absolute Gasteiger partial charge is 0.326 e. The van der Waals surface area contributed by atoms with Crippen LogP contribution in [-0.2, 0) is 13.1 Å². The standard InChI is InChI=1S/C17H25FN2S/c1-4-12(3)10-20(5-2)11-13-16(9-19)21-15-8-6-7-14(18)17(13)15/h6-8,12H,4-5,9-11,19H2,1-3H3. The predicted molar refractivity (Wildman–Crippen MR) is 90.1 cm³/mol.